The Bertz CT molecular complexity index is 591. The number of nitrogens with one attached hydrogen (secondary N) is 1. The van der Waals surface area contributed by atoms with E-state index in [2.05, 4.69) is 20.3 Å². The van der Waals surface area contributed by atoms with Crippen LogP contribution in [0.25, 0.3) is 0 Å². The summed E-state index contributed by atoms with van der Waals surface area (Å²) in [4.78, 5) is 11.8. The van der Waals surface area contributed by atoms with Gasteiger partial charge >= 0.3 is 6.61 Å². The first kappa shape index (κ1) is 14.1. The monoisotopic (exact) mass is 299 g/mol. The van der Waals surface area contributed by atoms with Crippen molar-refractivity contribution < 1.29 is 18.3 Å². The molecule has 0 bridgehead atoms. The van der Waals surface area contributed by atoms with Crippen LogP contribution in [0.2, 0.25) is 5.15 Å². The van der Waals surface area contributed by atoms with Crippen molar-refractivity contribution in [2.75, 3.05) is 5.32 Å². The topological polar surface area (TPSA) is 64.1 Å². The highest BCUT2D eigenvalue weighted by Crippen LogP contribution is 2.16. The predicted octanol–water partition coefficient (Wildman–Crippen LogP) is 2.98. The van der Waals surface area contributed by atoms with Crippen molar-refractivity contribution in [1.29, 1.82) is 0 Å². The molecule has 20 heavy (non-hydrogen) atoms. The van der Waals surface area contributed by atoms with Crippen molar-refractivity contribution in [3.05, 3.63) is 47.1 Å². The quantitative estimate of drug-likeness (QED) is 0.942. The highest BCUT2D eigenvalue weighted by Gasteiger charge is 2.09. The second-order valence-electron chi connectivity index (χ2n) is 3.60. The minimum Gasteiger partial charge on any atom is -0.435 e. The van der Waals surface area contributed by atoms with Gasteiger partial charge in [0.2, 0.25) is 0 Å². The van der Waals surface area contributed by atoms with E-state index in [-0.39, 0.29) is 22.3 Å². The zero-order chi connectivity index (χ0) is 14.5. The summed E-state index contributed by atoms with van der Waals surface area (Å²) in [6.07, 6.45) is 0. The van der Waals surface area contributed by atoms with E-state index >= 15 is 0 Å². The molecule has 0 aliphatic rings. The number of nitrogens with zero attached hydrogens (tertiary/aromatic N) is 2. The Hall–Kier alpha value is -2.28. The second-order valence-corrected chi connectivity index (χ2v) is 3.99. The van der Waals surface area contributed by atoms with Crippen LogP contribution in [-0.2, 0) is 0 Å². The molecule has 0 aliphatic carbocycles. The van der Waals surface area contributed by atoms with Crippen LogP contribution < -0.4 is 10.1 Å². The van der Waals surface area contributed by atoms with Crippen LogP contribution in [0.5, 0.6) is 5.75 Å². The van der Waals surface area contributed by atoms with Crippen LogP contribution in [0.15, 0.2) is 36.4 Å². The Morgan fingerprint density at radius 1 is 1.15 bits per heavy atom. The molecular formula is C12H8ClF2N3O2. The fraction of sp³-hybridized carbons (Fsp3) is 0.0833. The van der Waals surface area contributed by atoms with Crippen molar-refractivity contribution in [3.8, 4) is 5.75 Å². The maximum absolute atomic E-state index is 12.0. The van der Waals surface area contributed by atoms with Crippen LogP contribution in [0.1, 0.15) is 10.4 Å². The molecule has 0 radical (unpaired) electrons. The summed E-state index contributed by atoms with van der Waals surface area (Å²) in [5.41, 5.74) is 0.267. The van der Waals surface area contributed by atoms with E-state index < -0.39 is 12.5 Å². The summed E-state index contributed by atoms with van der Waals surface area (Å²) in [6.45, 7) is -2.90. The van der Waals surface area contributed by atoms with Crippen molar-refractivity contribution in [2.24, 2.45) is 0 Å². The van der Waals surface area contributed by atoms with Gasteiger partial charge in [0, 0.05) is 5.56 Å². The zero-order valence-corrected chi connectivity index (χ0v) is 10.6. The summed E-state index contributed by atoms with van der Waals surface area (Å²) in [5, 5.41) is 9.92. The van der Waals surface area contributed by atoms with Gasteiger partial charge in [0.1, 0.15) is 5.75 Å². The number of benzene rings is 1. The summed E-state index contributed by atoms with van der Waals surface area (Å²) < 4.78 is 28.1. The molecule has 104 valence electrons. The number of aromatic nitrogens is 2. The SMILES string of the molecule is O=C(Nc1ccc(Cl)nn1)c1ccc(OC(F)F)cc1. The molecule has 0 spiro atoms. The number of hydrogen-bond donors (Lipinski definition) is 1. The lowest BCUT2D eigenvalue weighted by atomic mass is 10.2. The molecule has 0 unspecified atom stereocenters. The zero-order valence-electron chi connectivity index (χ0n) is 9.89. The number of halogens is 3. The highest BCUT2D eigenvalue weighted by atomic mass is 35.5. The molecule has 1 aromatic carbocycles. The van der Waals surface area contributed by atoms with E-state index in [1.54, 1.807) is 0 Å². The first-order valence-electron chi connectivity index (χ1n) is 5.40. The van der Waals surface area contributed by atoms with Gasteiger partial charge in [0.25, 0.3) is 5.91 Å². The molecule has 1 aromatic heterocycles. The van der Waals surface area contributed by atoms with E-state index in [9.17, 15) is 13.6 Å². The van der Waals surface area contributed by atoms with Crippen molar-refractivity contribution in [3.63, 3.8) is 0 Å². The average Bonchev–Trinajstić information content (AvgIpc) is 2.41. The van der Waals surface area contributed by atoms with Crippen LogP contribution in [0.4, 0.5) is 14.6 Å². The number of carbonyl (C=O) groups is 1. The van der Waals surface area contributed by atoms with Gasteiger partial charge in [-0.1, -0.05) is 11.6 Å². The number of anilines is 1. The second kappa shape index (κ2) is 6.25. The van der Waals surface area contributed by atoms with Crippen LogP contribution in [-0.4, -0.2) is 22.7 Å². The molecule has 0 atom stereocenters. The van der Waals surface area contributed by atoms with Crippen molar-refractivity contribution in [2.45, 2.75) is 6.61 Å². The minimum absolute atomic E-state index is 0.0252. The first-order valence-corrected chi connectivity index (χ1v) is 5.78. The van der Waals surface area contributed by atoms with E-state index in [0.717, 1.165) is 0 Å². The lowest BCUT2D eigenvalue weighted by molar-refractivity contribution is -0.0498. The number of amides is 1. The average molecular weight is 300 g/mol. The Morgan fingerprint density at radius 3 is 2.40 bits per heavy atom. The third kappa shape index (κ3) is 3.86. The molecule has 1 N–H and O–H groups in total. The van der Waals surface area contributed by atoms with Crippen molar-refractivity contribution >= 4 is 23.3 Å². The maximum atomic E-state index is 12.0. The first-order chi connectivity index (χ1) is 9.54. The molecule has 2 aromatic rings. The lowest BCUT2D eigenvalue weighted by Crippen LogP contribution is -2.13. The fourth-order valence-corrected chi connectivity index (χ4v) is 1.46. The number of carbonyl (C=O) groups excluding carboxylic acids is 1. The third-order valence-electron chi connectivity index (χ3n) is 2.22. The minimum atomic E-state index is -2.90. The van der Waals surface area contributed by atoms with Crippen LogP contribution >= 0.6 is 11.6 Å². The fourth-order valence-electron chi connectivity index (χ4n) is 1.36. The van der Waals surface area contributed by atoms with Gasteiger partial charge in [0.15, 0.2) is 11.0 Å². The van der Waals surface area contributed by atoms with Crippen LogP contribution in [0.3, 0.4) is 0 Å². The Morgan fingerprint density at radius 2 is 1.85 bits per heavy atom. The molecule has 1 heterocycles. The molecule has 0 aliphatic heterocycles. The third-order valence-corrected chi connectivity index (χ3v) is 2.42. The van der Waals surface area contributed by atoms with Gasteiger partial charge in [0.05, 0.1) is 0 Å². The smallest absolute Gasteiger partial charge is 0.387 e. The van der Waals surface area contributed by atoms with E-state index in [1.165, 1.54) is 36.4 Å². The molecule has 5 nitrogen and oxygen atoms in total. The summed E-state index contributed by atoms with van der Waals surface area (Å²) in [5.74, 6) is -0.250. The Kier molecular flexibility index (Phi) is 4.41. The van der Waals surface area contributed by atoms with Gasteiger partial charge in [-0.15, -0.1) is 10.2 Å². The maximum Gasteiger partial charge on any atom is 0.387 e. The summed E-state index contributed by atoms with van der Waals surface area (Å²) >= 11 is 5.56. The van der Waals surface area contributed by atoms with E-state index in [1.807, 2.05) is 0 Å². The molecule has 0 saturated heterocycles. The molecule has 1 amide bonds. The number of rotatable bonds is 4. The largest absolute Gasteiger partial charge is 0.435 e. The number of ether oxygens (including phenoxy) is 1. The van der Waals surface area contributed by atoms with E-state index in [4.69, 9.17) is 11.6 Å². The summed E-state index contributed by atoms with van der Waals surface area (Å²) in [7, 11) is 0. The van der Waals surface area contributed by atoms with Crippen LogP contribution in [0, 0.1) is 0 Å². The van der Waals surface area contributed by atoms with Gasteiger partial charge in [-0.2, -0.15) is 8.78 Å². The summed E-state index contributed by atoms with van der Waals surface area (Å²) in [6, 6.07) is 8.22. The van der Waals surface area contributed by atoms with Gasteiger partial charge in [-0.3, -0.25) is 4.79 Å². The highest BCUT2D eigenvalue weighted by molar-refractivity contribution is 6.29. The normalized spacial score (nSPS) is 10.4. The van der Waals surface area contributed by atoms with Gasteiger partial charge in [-0.25, -0.2) is 0 Å². The Labute approximate surface area is 117 Å². The van der Waals surface area contributed by atoms with Crippen molar-refractivity contribution in [1.82, 2.24) is 10.2 Å². The molecule has 8 heteroatoms. The Balaban J connectivity index is 2.03. The molecule has 0 fully saturated rings. The predicted molar refractivity (Wildman–Crippen MR) is 68.1 cm³/mol. The molecule has 0 saturated carbocycles. The number of hydrogen-bond acceptors (Lipinski definition) is 4. The standard InChI is InChI=1S/C12H8ClF2N3O2/c13-9-5-6-10(18-17-9)16-11(19)7-1-3-8(4-2-7)20-12(14)15/h1-6,12H,(H,16,18,19). The molecular weight excluding hydrogens is 292 g/mol. The lowest BCUT2D eigenvalue weighted by Gasteiger charge is -2.06. The van der Waals surface area contributed by atoms with E-state index in [0.29, 0.717) is 0 Å². The van der Waals surface area contributed by atoms with Gasteiger partial charge in [-0.05, 0) is 36.4 Å². The molecule has 2 rings (SSSR count). The number of alkyl halides is 2. The van der Waals surface area contributed by atoms with Gasteiger partial charge < -0.3 is 10.1 Å².